The van der Waals surface area contributed by atoms with Crippen molar-refractivity contribution < 1.29 is 4.79 Å². The molecule has 0 unspecified atom stereocenters. The van der Waals surface area contributed by atoms with Crippen molar-refractivity contribution >= 4 is 6.29 Å². The molecule has 0 amide bonds. The first-order valence-corrected chi connectivity index (χ1v) is 5.35. The zero-order chi connectivity index (χ0) is 8.13. The monoisotopic (exact) mass is 164 g/mol. The second-order valence-corrected chi connectivity index (χ2v) is 4.95. The first kappa shape index (κ1) is 7.11. The van der Waals surface area contributed by atoms with Crippen molar-refractivity contribution in [1.29, 1.82) is 0 Å². The van der Waals surface area contributed by atoms with E-state index in [-0.39, 0.29) is 0 Å². The topological polar surface area (TPSA) is 17.1 Å². The molecule has 0 bridgehead atoms. The van der Waals surface area contributed by atoms with Crippen molar-refractivity contribution in [3.05, 3.63) is 0 Å². The Kier molecular flexibility index (Phi) is 1.38. The maximum Gasteiger partial charge on any atom is 0.123 e. The lowest BCUT2D eigenvalue weighted by Gasteiger charge is -2.14. The van der Waals surface area contributed by atoms with Crippen LogP contribution in [0.1, 0.15) is 32.1 Å². The van der Waals surface area contributed by atoms with E-state index in [4.69, 9.17) is 0 Å². The Bertz CT molecular complexity index is 211. The van der Waals surface area contributed by atoms with Crippen LogP contribution in [0.3, 0.4) is 0 Å². The molecule has 1 heteroatoms. The first-order valence-electron chi connectivity index (χ1n) is 5.35. The van der Waals surface area contributed by atoms with Crippen molar-refractivity contribution in [2.45, 2.75) is 32.1 Å². The lowest BCUT2D eigenvalue weighted by Crippen LogP contribution is -2.12. The van der Waals surface area contributed by atoms with Crippen molar-refractivity contribution in [2.75, 3.05) is 0 Å². The fourth-order valence-electron chi connectivity index (χ4n) is 4.29. The predicted molar refractivity (Wildman–Crippen MR) is 46.6 cm³/mol. The molecular formula is C11H16O. The van der Waals surface area contributed by atoms with Gasteiger partial charge < -0.3 is 4.79 Å². The standard InChI is InChI=1S/C11H16O/c12-6-9-5-8-2-1-7-3-4-10(9)11(7)8/h6-11H,1-5H2/t7-,8+,9-,10-,11+/m0/s1. The van der Waals surface area contributed by atoms with Gasteiger partial charge in [-0.2, -0.15) is 0 Å². The van der Waals surface area contributed by atoms with Gasteiger partial charge >= 0.3 is 0 Å². The van der Waals surface area contributed by atoms with Crippen molar-refractivity contribution in [2.24, 2.45) is 29.6 Å². The Labute approximate surface area is 73.5 Å². The van der Waals surface area contributed by atoms with Gasteiger partial charge in [0.25, 0.3) is 0 Å². The van der Waals surface area contributed by atoms with Crippen LogP contribution in [0, 0.1) is 29.6 Å². The summed E-state index contributed by atoms with van der Waals surface area (Å²) in [5.41, 5.74) is 0. The molecule has 5 atom stereocenters. The van der Waals surface area contributed by atoms with Crippen LogP contribution >= 0.6 is 0 Å². The molecule has 1 nitrogen and oxygen atoms in total. The number of carbonyl (C=O) groups excluding carboxylic acids is 1. The summed E-state index contributed by atoms with van der Waals surface area (Å²) < 4.78 is 0. The Morgan fingerprint density at radius 2 is 1.75 bits per heavy atom. The average Bonchev–Trinajstić information content (AvgIpc) is 2.72. The van der Waals surface area contributed by atoms with Gasteiger partial charge in [0.1, 0.15) is 6.29 Å². The van der Waals surface area contributed by atoms with E-state index in [1.807, 2.05) is 0 Å². The van der Waals surface area contributed by atoms with Crippen LogP contribution in [0.15, 0.2) is 0 Å². The van der Waals surface area contributed by atoms with Gasteiger partial charge in [0.2, 0.25) is 0 Å². The number of rotatable bonds is 1. The molecule has 66 valence electrons. The van der Waals surface area contributed by atoms with Gasteiger partial charge in [0, 0.05) is 5.92 Å². The average molecular weight is 164 g/mol. The van der Waals surface area contributed by atoms with Gasteiger partial charge in [-0.25, -0.2) is 0 Å². The second-order valence-electron chi connectivity index (χ2n) is 4.95. The summed E-state index contributed by atoms with van der Waals surface area (Å²) in [6.07, 6.45) is 8.15. The minimum absolute atomic E-state index is 0.449. The molecule has 3 fully saturated rings. The van der Waals surface area contributed by atoms with Crippen LogP contribution in [0.25, 0.3) is 0 Å². The lowest BCUT2D eigenvalue weighted by molar-refractivity contribution is -0.112. The van der Waals surface area contributed by atoms with E-state index in [0.29, 0.717) is 5.92 Å². The van der Waals surface area contributed by atoms with Gasteiger partial charge in [0.05, 0.1) is 0 Å². The van der Waals surface area contributed by atoms with E-state index in [0.717, 1.165) is 23.7 Å². The fraction of sp³-hybridized carbons (Fsp3) is 0.909. The predicted octanol–water partition coefficient (Wildman–Crippen LogP) is 2.26. The van der Waals surface area contributed by atoms with Gasteiger partial charge in [0.15, 0.2) is 0 Å². The van der Waals surface area contributed by atoms with Gasteiger partial charge in [-0.3, -0.25) is 0 Å². The van der Waals surface area contributed by atoms with Crippen LogP contribution in [0.5, 0.6) is 0 Å². The maximum absolute atomic E-state index is 10.8. The summed E-state index contributed by atoms with van der Waals surface area (Å²) in [7, 11) is 0. The van der Waals surface area contributed by atoms with Crippen LogP contribution in [-0.4, -0.2) is 6.29 Å². The molecule has 0 aromatic carbocycles. The van der Waals surface area contributed by atoms with E-state index in [1.54, 1.807) is 0 Å². The molecule has 0 N–H and O–H groups in total. The van der Waals surface area contributed by atoms with Crippen molar-refractivity contribution in [3.63, 3.8) is 0 Å². The highest BCUT2D eigenvalue weighted by molar-refractivity contribution is 5.55. The summed E-state index contributed by atoms with van der Waals surface area (Å²) >= 11 is 0. The fourth-order valence-corrected chi connectivity index (χ4v) is 4.29. The number of carbonyl (C=O) groups is 1. The molecule has 0 aliphatic heterocycles. The smallest absolute Gasteiger partial charge is 0.123 e. The van der Waals surface area contributed by atoms with Crippen molar-refractivity contribution in [1.82, 2.24) is 0 Å². The Morgan fingerprint density at radius 3 is 2.58 bits per heavy atom. The molecule has 0 aromatic rings. The molecule has 3 aliphatic rings. The van der Waals surface area contributed by atoms with Crippen LogP contribution in [-0.2, 0) is 4.79 Å². The Morgan fingerprint density at radius 1 is 1.00 bits per heavy atom. The highest BCUT2D eigenvalue weighted by Gasteiger charge is 2.52. The molecule has 0 aromatic heterocycles. The van der Waals surface area contributed by atoms with Crippen LogP contribution in [0.2, 0.25) is 0 Å². The highest BCUT2D eigenvalue weighted by atomic mass is 16.1. The zero-order valence-corrected chi connectivity index (χ0v) is 7.41. The van der Waals surface area contributed by atoms with Gasteiger partial charge in [-0.15, -0.1) is 0 Å². The summed E-state index contributed by atoms with van der Waals surface area (Å²) in [4.78, 5) is 10.8. The van der Waals surface area contributed by atoms with Gasteiger partial charge in [-0.1, -0.05) is 0 Å². The second kappa shape index (κ2) is 2.34. The Hall–Kier alpha value is -0.330. The van der Waals surface area contributed by atoms with Crippen molar-refractivity contribution in [3.8, 4) is 0 Å². The minimum atomic E-state index is 0.449. The summed E-state index contributed by atoms with van der Waals surface area (Å²) in [5.74, 6) is 4.19. The highest BCUT2D eigenvalue weighted by Crippen LogP contribution is 2.59. The normalized spacial score (nSPS) is 55.8. The first-order chi connectivity index (χ1) is 5.90. The zero-order valence-electron chi connectivity index (χ0n) is 7.41. The molecule has 3 saturated carbocycles. The van der Waals surface area contributed by atoms with E-state index >= 15 is 0 Å². The molecule has 0 spiro atoms. The maximum atomic E-state index is 10.8. The van der Waals surface area contributed by atoms with E-state index in [1.165, 1.54) is 38.4 Å². The minimum Gasteiger partial charge on any atom is -0.303 e. The Balaban J connectivity index is 1.91. The molecular weight excluding hydrogens is 148 g/mol. The third-order valence-electron chi connectivity index (χ3n) is 4.66. The largest absolute Gasteiger partial charge is 0.303 e. The molecule has 12 heavy (non-hydrogen) atoms. The quantitative estimate of drug-likeness (QED) is 0.543. The van der Waals surface area contributed by atoms with Crippen LogP contribution in [0.4, 0.5) is 0 Å². The number of hydrogen-bond donors (Lipinski definition) is 0. The molecule has 3 rings (SSSR count). The SMILES string of the molecule is O=C[C@@H]1C[C@H]2CC[C@H]3CC[C@@H]1[C@H]32. The third-order valence-corrected chi connectivity index (χ3v) is 4.66. The molecule has 0 saturated heterocycles. The molecule has 0 heterocycles. The van der Waals surface area contributed by atoms with Crippen LogP contribution < -0.4 is 0 Å². The van der Waals surface area contributed by atoms with E-state index < -0.39 is 0 Å². The lowest BCUT2D eigenvalue weighted by atomic mass is 9.90. The third kappa shape index (κ3) is 0.725. The van der Waals surface area contributed by atoms with E-state index in [9.17, 15) is 4.79 Å². The summed E-state index contributed by atoms with van der Waals surface area (Å²) in [5, 5.41) is 0. The number of aldehydes is 1. The number of hydrogen-bond acceptors (Lipinski definition) is 1. The molecule has 3 aliphatic carbocycles. The summed E-state index contributed by atoms with van der Waals surface area (Å²) in [6, 6.07) is 0. The summed E-state index contributed by atoms with van der Waals surface area (Å²) in [6.45, 7) is 0. The molecule has 0 radical (unpaired) electrons. The van der Waals surface area contributed by atoms with E-state index in [2.05, 4.69) is 0 Å². The van der Waals surface area contributed by atoms with Gasteiger partial charge in [-0.05, 0) is 55.8 Å².